The molecule has 3 heterocycles. The van der Waals surface area contributed by atoms with Gasteiger partial charge in [0, 0.05) is 55.4 Å². The van der Waals surface area contributed by atoms with Crippen LogP contribution in [0.2, 0.25) is 0 Å². The molecule has 0 saturated carbocycles. The Bertz CT molecular complexity index is 895. The van der Waals surface area contributed by atoms with Gasteiger partial charge in [0.1, 0.15) is 0 Å². The lowest BCUT2D eigenvalue weighted by Gasteiger charge is -2.37. The van der Waals surface area contributed by atoms with Gasteiger partial charge >= 0.3 is 0 Å². The van der Waals surface area contributed by atoms with Crippen LogP contribution < -0.4 is 5.32 Å². The third-order valence-corrected chi connectivity index (χ3v) is 6.91. The second-order valence-electron chi connectivity index (χ2n) is 7.90. The van der Waals surface area contributed by atoms with E-state index in [1.54, 1.807) is 0 Å². The summed E-state index contributed by atoms with van der Waals surface area (Å²) in [5, 5.41) is 10.7. The van der Waals surface area contributed by atoms with Crippen molar-refractivity contribution in [1.82, 2.24) is 24.9 Å². The number of aromatic nitrogens is 2. The molecule has 1 atom stereocenters. The van der Waals surface area contributed by atoms with Crippen LogP contribution in [0.1, 0.15) is 27.9 Å². The van der Waals surface area contributed by atoms with Crippen LogP contribution in [0, 0.1) is 13.8 Å². The largest absolute Gasteiger partial charge is 0.311 e. The summed E-state index contributed by atoms with van der Waals surface area (Å²) in [6, 6.07) is 15.3. The third kappa shape index (κ3) is 4.61. The van der Waals surface area contributed by atoms with Gasteiger partial charge in [0.2, 0.25) is 0 Å². The maximum atomic E-state index is 4.79. The lowest BCUT2D eigenvalue weighted by molar-refractivity contribution is 0.111. The monoisotopic (exact) mass is 409 g/mol. The maximum absolute atomic E-state index is 4.79. The molecule has 154 valence electrons. The number of aryl methyl sites for hydroxylation is 1. The van der Waals surface area contributed by atoms with Crippen LogP contribution in [-0.4, -0.2) is 59.4 Å². The second-order valence-corrected chi connectivity index (χ2v) is 8.88. The molecule has 1 N–H and O–H groups in total. The molecular formula is C23H31N5S. The molecule has 0 aliphatic carbocycles. The van der Waals surface area contributed by atoms with Crippen LogP contribution in [-0.2, 0) is 6.54 Å². The van der Waals surface area contributed by atoms with E-state index >= 15 is 0 Å². The maximum Gasteiger partial charge on any atom is 0.0648 e. The Hall–Kier alpha value is -1.99. The Morgan fingerprint density at radius 3 is 2.48 bits per heavy atom. The predicted octanol–water partition coefficient (Wildman–Crippen LogP) is 3.63. The van der Waals surface area contributed by atoms with Crippen LogP contribution in [0.25, 0.3) is 5.69 Å². The highest BCUT2D eigenvalue weighted by Gasteiger charge is 2.24. The molecule has 1 aliphatic rings. The Kier molecular flexibility index (Phi) is 6.45. The first-order chi connectivity index (χ1) is 14.1. The number of para-hydroxylation sites is 1. The van der Waals surface area contributed by atoms with Gasteiger partial charge in [-0.3, -0.25) is 4.90 Å². The molecule has 29 heavy (non-hydrogen) atoms. The van der Waals surface area contributed by atoms with E-state index < -0.39 is 0 Å². The fourth-order valence-corrected chi connectivity index (χ4v) is 4.97. The van der Waals surface area contributed by atoms with Crippen molar-refractivity contribution in [2.24, 2.45) is 0 Å². The van der Waals surface area contributed by atoms with Crippen molar-refractivity contribution >= 4 is 11.3 Å². The average molecular weight is 410 g/mol. The number of nitrogens with zero attached hydrogens (tertiary/aromatic N) is 4. The number of hydrogen-bond acceptors (Lipinski definition) is 5. The van der Waals surface area contributed by atoms with E-state index in [0.29, 0.717) is 6.04 Å². The Balaban J connectivity index is 1.45. The first-order valence-electron chi connectivity index (χ1n) is 10.4. The highest BCUT2D eigenvalue weighted by molar-refractivity contribution is 7.10. The third-order valence-electron chi connectivity index (χ3n) is 5.93. The minimum atomic E-state index is 0.438. The fourth-order valence-electron chi connectivity index (χ4n) is 4.11. The molecule has 2 aromatic heterocycles. The van der Waals surface area contributed by atoms with E-state index in [1.165, 1.54) is 16.1 Å². The lowest BCUT2D eigenvalue weighted by atomic mass is 10.1. The first kappa shape index (κ1) is 20.3. The number of rotatable bonds is 7. The molecule has 1 aromatic carbocycles. The van der Waals surface area contributed by atoms with E-state index in [-0.39, 0.29) is 0 Å². The highest BCUT2D eigenvalue weighted by Crippen LogP contribution is 2.26. The van der Waals surface area contributed by atoms with Gasteiger partial charge < -0.3 is 10.2 Å². The number of hydrogen-bond donors (Lipinski definition) is 1. The quantitative estimate of drug-likeness (QED) is 0.647. The summed E-state index contributed by atoms with van der Waals surface area (Å²) in [5.74, 6) is 0. The van der Waals surface area contributed by atoms with Crippen LogP contribution >= 0.6 is 11.3 Å². The molecule has 0 unspecified atom stereocenters. The van der Waals surface area contributed by atoms with Crippen molar-refractivity contribution in [1.29, 1.82) is 0 Å². The van der Waals surface area contributed by atoms with Gasteiger partial charge in [-0.25, -0.2) is 4.68 Å². The number of nitrogens with one attached hydrogen (secondary N) is 1. The van der Waals surface area contributed by atoms with Crippen LogP contribution in [0.3, 0.4) is 0 Å². The first-order valence-corrected chi connectivity index (χ1v) is 11.3. The summed E-state index contributed by atoms with van der Waals surface area (Å²) in [7, 11) is 2.21. The molecule has 4 rings (SSSR count). The summed E-state index contributed by atoms with van der Waals surface area (Å²) in [4.78, 5) is 6.50. The summed E-state index contributed by atoms with van der Waals surface area (Å²) < 4.78 is 2.06. The molecule has 5 nitrogen and oxygen atoms in total. The number of benzene rings is 1. The van der Waals surface area contributed by atoms with Gasteiger partial charge in [0.15, 0.2) is 0 Å². The molecule has 0 spiro atoms. The Labute approximate surface area is 178 Å². The number of likely N-dealkylation sites (N-methyl/N-ethyl adjacent to an activating group) is 1. The molecule has 1 fully saturated rings. The van der Waals surface area contributed by atoms with Crippen LogP contribution in [0.15, 0.2) is 47.8 Å². The summed E-state index contributed by atoms with van der Waals surface area (Å²) in [6.07, 6.45) is 0. The SMILES string of the molecule is Cc1nn(-c2ccccc2)c(C)c1CNC[C@H](c1cccs1)N1CCN(C)CC1. The van der Waals surface area contributed by atoms with E-state index in [2.05, 4.69) is 82.5 Å². The van der Waals surface area contributed by atoms with Crippen molar-refractivity contribution < 1.29 is 0 Å². The Morgan fingerprint density at radius 2 is 1.79 bits per heavy atom. The van der Waals surface area contributed by atoms with E-state index in [9.17, 15) is 0 Å². The summed E-state index contributed by atoms with van der Waals surface area (Å²) in [6.45, 7) is 10.6. The average Bonchev–Trinajstić information content (AvgIpc) is 3.36. The molecule has 1 saturated heterocycles. The second kappa shape index (κ2) is 9.22. The Morgan fingerprint density at radius 1 is 1.03 bits per heavy atom. The zero-order chi connectivity index (χ0) is 20.2. The molecule has 0 amide bonds. The van der Waals surface area contributed by atoms with Crippen molar-refractivity contribution in [3.05, 3.63) is 69.7 Å². The van der Waals surface area contributed by atoms with Crippen molar-refractivity contribution in [3.63, 3.8) is 0 Å². The topological polar surface area (TPSA) is 36.3 Å². The van der Waals surface area contributed by atoms with E-state index in [0.717, 1.165) is 50.6 Å². The molecule has 3 aromatic rings. The minimum Gasteiger partial charge on any atom is -0.311 e. The van der Waals surface area contributed by atoms with Gasteiger partial charge in [-0.2, -0.15) is 5.10 Å². The lowest BCUT2D eigenvalue weighted by Crippen LogP contribution is -2.47. The van der Waals surface area contributed by atoms with E-state index in [1.807, 2.05) is 17.4 Å². The molecule has 0 radical (unpaired) electrons. The zero-order valence-electron chi connectivity index (χ0n) is 17.6. The predicted molar refractivity (Wildman–Crippen MR) is 121 cm³/mol. The van der Waals surface area contributed by atoms with Gasteiger partial charge in [0.25, 0.3) is 0 Å². The number of thiophene rings is 1. The molecular weight excluding hydrogens is 378 g/mol. The van der Waals surface area contributed by atoms with Gasteiger partial charge in [-0.1, -0.05) is 24.3 Å². The molecule has 6 heteroatoms. The summed E-state index contributed by atoms with van der Waals surface area (Å²) >= 11 is 1.87. The fraction of sp³-hybridized carbons (Fsp3) is 0.435. The van der Waals surface area contributed by atoms with Crippen LogP contribution in [0.5, 0.6) is 0 Å². The van der Waals surface area contributed by atoms with Crippen molar-refractivity contribution in [3.8, 4) is 5.69 Å². The molecule has 1 aliphatic heterocycles. The zero-order valence-corrected chi connectivity index (χ0v) is 18.5. The van der Waals surface area contributed by atoms with Gasteiger partial charge in [0.05, 0.1) is 17.4 Å². The smallest absolute Gasteiger partial charge is 0.0648 e. The van der Waals surface area contributed by atoms with Gasteiger partial charge in [-0.05, 0) is 44.5 Å². The van der Waals surface area contributed by atoms with Crippen LogP contribution in [0.4, 0.5) is 0 Å². The standard InChI is InChI=1S/C23H31N5S/c1-18-21(19(2)28(25-18)20-8-5-4-6-9-20)16-24-17-22(23-10-7-15-29-23)27-13-11-26(3)12-14-27/h4-10,15,22,24H,11-14,16-17H2,1-3H3/t22-/m1/s1. The molecule has 0 bridgehead atoms. The normalized spacial score (nSPS) is 16.9. The van der Waals surface area contributed by atoms with Crippen molar-refractivity contribution in [2.75, 3.05) is 39.8 Å². The minimum absolute atomic E-state index is 0.438. The number of piperazine rings is 1. The highest BCUT2D eigenvalue weighted by atomic mass is 32.1. The van der Waals surface area contributed by atoms with E-state index in [4.69, 9.17) is 5.10 Å². The summed E-state index contributed by atoms with van der Waals surface area (Å²) in [5.41, 5.74) is 4.74. The van der Waals surface area contributed by atoms with Gasteiger partial charge in [-0.15, -0.1) is 11.3 Å². The van der Waals surface area contributed by atoms with Crippen molar-refractivity contribution in [2.45, 2.75) is 26.4 Å².